The van der Waals surface area contributed by atoms with E-state index in [1.807, 2.05) is 20.8 Å². The zero-order valence-electron chi connectivity index (χ0n) is 32.1. The molecular weight excluding hydrogens is 618 g/mol. The Kier molecular flexibility index (Phi) is 16.6. The molecule has 0 aromatic rings. The molecule has 12 nitrogen and oxygen atoms in total. The minimum Gasteiger partial charge on any atom is -0.450 e. The van der Waals surface area contributed by atoms with Crippen LogP contribution in [0.1, 0.15) is 102 Å². The van der Waals surface area contributed by atoms with Gasteiger partial charge in [0, 0.05) is 38.9 Å². The third-order valence-corrected chi connectivity index (χ3v) is 9.86. The van der Waals surface area contributed by atoms with Gasteiger partial charge in [0.2, 0.25) is 0 Å². The average Bonchev–Trinajstić information content (AvgIpc) is 3.01. The Morgan fingerprint density at radius 2 is 0.625 bits per heavy atom. The molecule has 0 aromatic carbocycles. The zero-order chi connectivity index (χ0) is 37.4. The quantitative estimate of drug-likeness (QED) is 0.257. The van der Waals surface area contributed by atoms with Crippen LogP contribution in [0, 0.1) is 35.5 Å². The van der Waals surface area contributed by atoms with Gasteiger partial charge in [-0.25, -0.2) is 14.4 Å². The number of esters is 3. The maximum atomic E-state index is 14.1. The molecule has 3 amide bonds. The van der Waals surface area contributed by atoms with E-state index < -0.39 is 108 Å². The van der Waals surface area contributed by atoms with Crippen LogP contribution in [0.3, 0.4) is 0 Å². The van der Waals surface area contributed by atoms with Crippen LogP contribution in [0.15, 0.2) is 0 Å². The second-order valence-electron chi connectivity index (χ2n) is 14.6. The lowest BCUT2D eigenvalue weighted by Crippen LogP contribution is -2.58. The summed E-state index contributed by atoms with van der Waals surface area (Å²) in [6.45, 7) is 21.4. The fraction of sp³-hybridized carbons (Fsp3) is 0.833. The van der Waals surface area contributed by atoms with Crippen molar-refractivity contribution < 1.29 is 43.0 Å². The molecule has 1 aliphatic heterocycles. The summed E-state index contributed by atoms with van der Waals surface area (Å²) >= 11 is 0. The van der Waals surface area contributed by atoms with Crippen LogP contribution in [0.5, 0.6) is 0 Å². The zero-order valence-corrected chi connectivity index (χ0v) is 32.1. The fourth-order valence-corrected chi connectivity index (χ4v) is 6.10. The van der Waals surface area contributed by atoms with Crippen LogP contribution in [0.2, 0.25) is 0 Å². The smallest absolute Gasteiger partial charge is 0.329 e. The molecule has 1 fully saturated rings. The minimum absolute atomic E-state index is 0.432. The van der Waals surface area contributed by atoms with Crippen molar-refractivity contribution in [2.45, 2.75) is 139 Å². The summed E-state index contributed by atoms with van der Waals surface area (Å²) in [7, 11) is 4.37. The molecule has 1 saturated heterocycles. The van der Waals surface area contributed by atoms with Crippen molar-refractivity contribution in [3.8, 4) is 0 Å². The maximum absolute atomic E-state index is 14.1. The van der Waals surface area contributed by atoms with Crippen molar-refractivity contribution in [3.05, 3.63) is 0 Å². The second kappa shape index (κ2) is 18.5. The highest BCUT2D eigenvalue weighted by Gasteiger charge is 2.45. The summed E-state index contributed by atoms with van der Waals surface area (Å²) in [4.78, 5) is 87.8. The van der Waals surface area contributed by atoms with Crippen LogP contribution in [0.4, 0.5) is 0 Å². The Bertz CT molecular complexity index is 1000. The second-order valence-corrected chi connectivity index (χ2v) is 14.6. The lowest BCUT2D eigenvalue weighted by molar-refractivity contribution is -0.182. The first-order valence-corrected chi connectivity index (χ1v) is 17.6. The number of carbonyl (C=O) groups excluding carboxylic acids is 6. The molecule has 0 radical (unpaired) electrons. The van der Waals surface area contributed by atoms with E-state index in [1.165, 1.54) is 35.8 Å². The van der Waals surface area contributed by atoms with E-state index in [9.17, 15) is 28.8 Å². The summed E-state index contributed by atoms with van der Waals surface area (Å²) in [6.07, 6.45) is -2.35. The normalized spacial score (nSPS) is 28.2. The topological polar surface area (TPSA) is 140 Å². The molecular formula is C36H63N3O9. The van der Waals surface area contributed by atoms with E-state index in [-0.39, 0.29) is 0 Å². The third-order valence-electron chi connectivity index (χ3n) is 9.86. The van der Waals surface area contributed by atoms with E-state index in [2.05, 4.69) is 0 Å². The lowest BCUT2D eigenvalue weighted by Gasteiger charge is -2.39. The number of rotatable bonds is 9. The molecule has 9 unspecified atom stereocenters. The minimum atomic E-state index is -1.27. The van der Waals surface area contributed by atoms with Gasteiger partial charge < -0.3 is 28.9 Å². The predicted molar refractivity (Wildman–Crippen MR) is 182 cm³/mol. The Morgan fingerprint density at radius 1 is 0.438 bits per heavy atom. The van der Waals surface area contributed by atoms with Crippen LogP contribution >= 0.6 is 0 Å². The number of ether oxygens (including phenoxy) is 3. The van der Waals surface area contributed by atoms with Gasteiger partial charge in [0.05, 0.1) is 0 Å². The molecule has 0 N–H and O–H groups in total. The first-order valence-electron chi connectivity index (χ1n) is 17.6. The number of carbonyl (C=O) groups is 6. The molecule has 9 atom stereocenters. The molecule has 12 heteroatoms. The fourth-order valence-electron chi connectivity index (χ4n) is 6.10. The highest BCUT2D eigenvalue weighted by molar-refractivity contribution is 5.94. The summed E-state index contributed by atoms with van der Waals surface area (Å²) in [5.41, 5.74) is 0. The van der Waals surface area contributed by atoms with Crippen molar-refractivity contribution in [1.82, 2.24) is 14.7 Å². The molecule has 276 valence electrons. The molecule has 0 spiro atoms. The summed E-state index contributed by atoms with van der Waals surface area (Å²) in [6, 6.07) is -3.34. The summed E-state index contributed by atoms with van der Waals surface area (Å²) in [5, 5.41) is 0. The Hall–Kier alpha value is -3.18. The van der Waals surface area contributed by atoms with E-state index in [0.717, 1.165) is 0 Å². The molecule has 1 rings (SSSR count). The van der Waals surface area contributed by atoms with Crippen LogP contribution < -0.4 is 0 Å². The Balaban J connectivity index is 4.04. The Labute approximate surface area is 288 Å². The van der Waals surface area contributed by atoms with Crippen molar-refractivity contribution in [1.29, 1.82) is 0 Å². The third kappa shape index (κ3) is 9.94. The van der Waals surface area contributed by atoms with Crippen LogP contribution in [-0.4, -0.2) is 108 Å². The lowest BCUT2D eigenvalue weighted by atomic mass is 9.95. The van der Waals surface area contributed by atoms with Gasteiger partial charge in [-0.05, 0) is 37.0 Å². The SMILES string of the molecule is CCC(C)C1OC(=O)C(C(C)C)N(C)C(=O)C(C(C)CC)OC(=O)C(C(C)C)N(C)C(=O)C(C(C)CC)OC(=O)C(C(C)C)N(C)C1=O. The highest BCUT2D eigenvalue weighted by Crippen LogP contribution is 2.27. The van der Waals surface area contributed by atoms with E-state index in [4.69, 9.17) is 14.2 Å². The van der Waals surface area contributed by atoms with Crippen LogP contribution in [0.25, 0.3) is 0 Å². The van der Waals surface area contributed by atoms with Crippen molar-refractivity contribution in [2.24, 2.45) is 35.5 Å². The molecule has 0 aliphatic carbocycles. The molecule has 1 heterocycles. The largest absolute Gasteiger partial charge is 0.450 e. The highest BCUT2D eigenvalue weighted by atomic mass is 16.6. The van der Waals surface area contributed by atoms with Gasteiger partial charge in [-0.15, -0.1) is 0 Å². The van der Waals surface area contributed by atoms with Gasteiger partial charge in [-0.1, -0.05) is 83.1 Å². The first kappa shape index (κ1) is 42.8. The number of amides is 3. The molecule has 0 bridgehead atoms. The van der Waals surface area contributed by atoms with E-state index >= 15 is 0 Å². The summed E-state index contributed by atoms with van der Waals surface area (Å²) in [5.74, 6) is -6.73. The summed E-state index contributed by atoms with van der Waals surface area (Å²) < 4.78 is 17.8. The number of cyclic esters (lactones) is 3. The molecule has 0 saturated carbocycles. The maximum Gasteiger partial charge on any atom is 0.329 e. The monoisotopic (exact) mass is 681 g/mol. The predicted octanol–water partition coefficient (Wildman–Crippen LogP) is 4.32. The average molecular weight is 682 g/mol. The number of hydrogen-bond donors (Lipinski definition) is 0. The first-order chi connectivity index (χ1) is 22.2. The van der Waals surface area contributed by atoms with E-state index in [1.54, 1.807) is 62.3 Å². The van der Waals surface area contributed by atoms with Crippen molar-refractivity contribution in [3.63, 3.8) is 0 Å². The van der Waals surface area contributed by atoms with Gasteiger partial charge in [0.25, 0.3) is 17.7 Å². The molecule has 1 aliphatic rings. The molecule has 0 aromatic heterocycles. The van der Waals surface area contributed by atoms with Crippen LogP contribution in [-0.2, 0) is 43.0 Å². The van der Waals surface area contributed by atoms with Gasteiger partial charge in [0.1, 0.15) is 18.1 Å². The molecule has 48 heavy (non-hydrogen) atoms. The van der Waals surface area contributed by atoms with Crippen molar-refractivity contribution >= 4 is 35.6 Å². The van der Waals surface area contributed by atoms with Gasteiger partial charge in [-0.3, -0.25) is 14.4 Å². The van der Waals surface area contributed by atoms with E-state index in [0.29, 0.717) is 19.3 Å². The van der Waals surface area contributed by atoms with Gasteiger partial charge in [0.15, 0.2) is 18.3 Å². The number of likely N-dealkylation sites (N-methyl/N-ethyl adjacent to an activating group) is 3. The Morgan fingerprint density at radius 3 is 0.771 bits per heavy atom. The van der Waals surface area contributed by atoms with Gasteiger partial charge in [-0.2, -0.15) is 0 Å². The number of nitrogens with zero attached hydrogens (tertiary/aromatic N) is 3. The standard InChI is InChI=1S/C36H63N3O9/c1-16-22(10)28-31(40)37(13)26(20(6)7)35(44)47-30(24(12)18-3)33(42)39(15)27(21(8)9)36(45)48-29(23(11)17-2)32(41)38(14)25(19(4)5)34(43)46-28/h19-30H,16-18H2,1-15H3. The number of hydrogen-bond acceptors (Lipinski definition) is 9. The van der Waals surface area contributed by atoms with Gasteiger partial charge >= 0.3 is 17.9 Å². The van der Waals surface area contributed by atoms with Crippen molar-refractivity contribution in [2.75, 3.05) is 21.1 Å².